The van der Waals surface area contributed by atoms with Crippen molar-refractivity contribution in [3.63, 3.8) is 0 Å². The SMILES string of the molecule is Cl.NCCCl.O=S(=O)(NCCCl)c1ccc(F)cc1. The monoisotopic (exact) mass is 352 g/mol. The van der Waals surface area contributed by atoms with E-state index in [1.807, 2.05) is 0 Å². The third-order valence-corrected chi connectivity index (χ3v) is 3.50. The Labute approximate surface area is 128 Å². The smallest absolute Gasteiger partial charge is 0.240 e. The topological polar surface area (TPSA) is 72.2 Å². The van der Waals surface area contributed by atoms with Gasteiger partial charge in [-0.25, -0.2) is 17.5 Å². The van der Waals surface area contributed by atoms with Crippen molar-refractivity contribution in [1.82, 2.24) is 4.72 Å². The van der Waals surface area contributed by atoms with Gasteiger partial charge < -0.3 is 5.73 Å². The van der Waals surface area contributed by atoms with Crippen LogP contribution in [0.4, 0.5) is 4.39 Å². The summed E-state index contributed by atoms with van der Waals surface area (Å²) in [5.41, 5.74) is 4.90. The average Bonchev–Trinajstić information content (AvgIpc) is 2.37. The summed E-state index contributed by atoms with van der Waals surface area (Å²) in [6.45, 7) is 0.739. The van der Waals surface area contributed by atoms with Gasteiger partial charge in [-0.2, -0.15) is 0 Å². The first-order valence-corrected chi connectivity index (χ1v) is 7.60. The molecule has 9 heteroatoms. The fourth-order valence-electron chi connectivity index (χ4n) is 0.870. The largest absolute Gasteiger partial charge is 0.329 e. The molecule has 0 aliphatic carbocycles. The Morgan fingerprint density at radius 1 is 1.16 bits per heavy atom. The summed E-state index contributed by atoms with van der Waals surface area (Å²) in [4.78, 5) is 0.0315. The Kier molecular flexibility index (Phi) is 13.0. The predicted octanol–water partition coefficient (Wildman–Crippen LogP) is 1.95. The minimum atomic E-state index is -3.54. The van der Waals surface area contributed by atoms with Gasteiger partial charge in [-0.15, -0.1) is 35.6 Å². The van der Waals surface area contributed by atoms with E-state index < -0.39 is 15.8 Å². The lowest BCUT2D eigenvalue weighted by atomic mass is 10.4. The third kappa shape index (κ3) is 9.43. The van der Waals surface area contributed by atoms with Crippen LogP contribution >= 0.6 is 35.6 Å². The van der Waals surface area contributed by atoms with Crippen LogP contribution in [-0.4, -0.2) is 33.3 Å². The first-order valence-electron chi connectivity index (χ1n) is 5.05. The van der Waals surface area contributed by atoms with E-state index in [4.69, 9.17) is 28.9 Å². The molecule has 0 unspecified atom stereocenters. The summed E-state index contributed by atoms with van der Waals surface area (Å²) in [5.74, 6) is 0.293. The van der Waals surface area contributed by atoms with E-state index >= 15 is 0 Å². The first-order chi connectivity index (χ1) is 8.47. The van der Waals surface area contributed by atoms with Crippen LogP contribution in [0.1, 0.15) is 0 Å². The molecule has 3 N–H and O–H groups in total. The summed E-state index contributed by atoms with van der Waals surface area (Å²) in [5, 5.41) is 0. The maximum absolute atomic E-state index is 12.5. The van der Waals surface area contributed by atoms with E-state index in [2.05, 4.69) is 4.72 Å². The fourth-order valence-corrected chi connectivity index (χ4v) is 2.11. The molecule has 112 valence electrons. The molecular formula is C10H16Cl3FN2O2S. The molecule has 0 saturated carbocycles. The average molecular weight is 354 g/mol. The molecule has 0 bridgehead atoms. The van der Waals surface area contributed by atoms with Crippen LogP contribution < -0.4 is 10.5 Å². The van der Waals surface area contributed by atoms with Gasteiger partial charge in [-0.1, -0.05) is 0 Å². The quantitative estimate of drug-likeness (QED) is 0.795. The summed E-state index contributed by atoms with van der Waals surface area (Å²) in [6, 6.07) is 4.59. The van der Waals surface area contributed by atoms with Crippen molar-refractivity contribution in [2.45, 2.75) is 4.90 Å². The first kappa shape index (κ1) is 21.2. The number of hydrogen-bond acceptors (Lipinski definition) is 3. The molecule has 0 aromatic heterocycles. The van der Waals surface area contributed by atoms with Crippen molar-refractivity contribution in [1.29, 1.82) is 0 Å². The Bertz CT molecular complexity index is 427. The zero-order valence-electron chi connectivity index (χ0n) is 9.98. The molecule has 0 amide bonds. The van der Waals surface area contributed by atoms with E-state index in [0.29, 0.717) is 12.4 Å². The number of nitrogens with one attached hydrogen (secondary N) is 1. The molecule has 4 nitrogen and oxygen atoms in total. The maximum atomic E-state index is 12.5. The minimum Gasteiger partial charge on any atom is -0.329 e. The molecule has 0 aliphatic heterocycles. The molecule has 0 heterocycles. The highest BCUT2D eigenvalue weighted by atomic mass is 35.5. The molecule has 0 fully saturated rings. The molecule has 1 aromatic carbocycles. The summed E-state index contributed by atoms with van der Waals surface area (Å²) in [7, 11) is -3.54. The fraction of sp³-hybridized carbons (Fsp3) is 0.400. The number of nitrogens with two attached hydrogens (primary N) is 1. The van der Waals surface area contributed by atoms with Crippen molar-refractivity contribution in [2.75, 3.05) is 24.8 Å². The highest BCUT2D eigenvalue weighted by Crippen LogP contribution is 2.08. The zero-order chi connectivity index (χ0) is 14.0. The van der Waals surface area contributed by atoms with Gasteiger partial charge in [-0.05, 0) is 24.3 Å². The van der Waals surface area contributed by atoms with Crippen molar-refractivity contribution in [3.05, 3.63) is 30.1 Å². The zero-order valence-corrected chi connectivity index (χ0v) is 13.1. The van der Waals surface area contributed by atoms with Gasteiger partial charge in [0.15, 0.2) is 0 Å². The van der Waals surface area contributed by atoms with E-state index in [9.17, 15) is 12.8 Å². The summed E-state index contributed by atoms with van der Waals surface area (Å²) < 4.78 is 37.6. The molecule has 19 heavy (non-hydrogen) atoms. The number of rotatable bonds is 5. The van der Waals surface area contributed by atoms with E-state index in [0.717, 1.165) is 12.1 Å². The van der Waals surface area contributed by atoms with Gasteiger partial charge >= 0.3 is 0 Å². The Morgan fingerprint density at radius 2 is 1.63 bits per heavy atom. The van der Waals surface area contributed by atoms with Gasteiger partial charge in [0.2, 0.25) is 10.0 Å². The second-order valence-electron chi connectivity index (χ2n) is 3.02. The lowest BCUT2D eigenvalue weighted by Gasteiger charge is -2.04. The number of alkyl halides is 2. The van der Waals surface area contributed by atoms with Crippen LogP contribution in [0.3, 0.4) is 0 Å². The van der Waals surface area contributed by atoms with Crippen LogP contribution in [0.25, 0.3) is 0 Å². The van der Waals surface area contributed by atoms with Crippen LogP contribution in [-0.2, 0) is 10.0 Å². The number of hydrogen-bond donors (Lipinski definition) is 2. The Hall–Kier alpha value is -0.110. The summed E-state index contributed by atoms with van der Waals surface area (Å²) in [6.07, 6.45) is 0. The Morgan fingerprint density at radius 3 is 2.00 bits per heavy atom. The van der Waals surface area contributed by atoms with Gasteiger partial charge in [0.25, 0.3) is 0 Å². The molecule has 0 saturated heterocycles. The van der Waals surface area contributed by atoms with E-state index in [1.54, 1.807) is 0 Å². The Balaban J connectivity index is 0. The van der Waals surface area contributed by atoms with Crippen molar-refractivity contribution in [3.8, 4) is 0 Å². The highest BCUT2D eigenvalue weighted by Gasteiger charge is 2.12. The molecule has 0 aliphatic rings. The molecule has 0 radical (unpaired) electrons. The van der Waals surface area contributed by atoms with Crippen molar-refractivity contribution >= 4 is 45.6 Å². The number of benzene rings is 1. The molecule has 1 rings (SSSR count). The van der Waals surface area contributed by atoms with Crippen molar-refractivity contribution in [2.24, 2.45) is 5.73 Å². The molecule has 0 spiro atoms. The summed E-state index contributed by atoms with van der Waals surface area (Å²) >= 11 is 10.4. The van der Waals surface area contributed by atoms with Crippen LogP contribution in [0.5, 0.6) is 0 Å². The lowest BCUT2D eigenvalue weighted by Crippen LogP contribution is -2.25. The molecular weight excluding hydrogens is 338 g/mol. The second kappa shape index (κ2) is 11.7. The standard InChI is InChI=1S/C8H9ClFNO2S.C2H6ClN.ClH/c9-5-6-11-14(12,13)8-3-1-7(10)2-4-8;3-1-2-4;/h1-4,11H,5-6H2;1-2,4H2;1H. The van der Waals surface area contributed by atoms with Crippen LogP contribution in [0.15, 0.2) is 29.2 Å². The maximum Gasteiger partial charge on any atom is 0.240 e. The van der Waals surface area contributed by atoms with Crippen LogP contribution in [0.2, 0.25) is 0 Å². The predicted molar refractivity (Wildman–Crippen MR) is 79.3 cm³/mol. The van der Waals surface area contributed by atoms with E-state index in [1.165, 1.54) is 12.1 Å². The molecule has 0 atom stereocenters. The van der Waals surface area contributed by atoms with Gasteiger partial charge in [0.05, 0.1) is 4.90 Å². The minimum absolute atomic E-state index is 0. The van der Waals surface area contributed by atoms with E-state index in [-0.39, 0.29) is 29.7 Å². The third-order valence-electron chi connectivity index (χ3n) is 1.62. The molecule has 1 aromatic rings. The number of sulfonamides is 1. The van der Waals surface area contributed by atoms with Crippen molar-refractivity contribution < 1.29 is 12.8 Å². The normalized spacial score (nSPS) is 10.1. The highest BCUT2D eigenvalue weighted by molar-refractivity contribution is 7.89. The van der Waals surface area contributed by atoms with Gasteiger partial charge in [0.1, 0.15) is 5.82 Å². The van der Waals surface area contributed by atoms with Gasteiger partial charge in [-0.3, -0.25) is 0 Å². The van der Waals surface area contributed by atoms with Gasteiger partial charge in [0, 0.05) is 24.8 Å². The second-order valence-corrected chi connectivity index (χ2v) is 5.54. The lowest BCUT2D eigenvalue weighted by molar-refractivity contribution is 0.583. The number of halogens is 4. The van der Waals surface area contributed by atoms with Crippen LogP contribution in [0, 0.1) is 5.82 Å².